The SMILES string of the molecule is CC(C)N/C=C\C(=N)NC(=O)c1cc(Oc2ccc(C(=O)N3CCC3)cc2)cc(O[C@@H](C)CO)c1. The highest BCUT2D eigenvalue weighted by molar-refractivity contribution is 6.09. The topological polar surface area (TPSA) is 124 Å². The molecule has 1 heterocycles. The first-order valence-electron chi connectivity index (χ1n) is 11.6. The van der Waals surface area contributed by atoms with Gasteiger partial charge in [0.2, 0.25) is 0 Å². The van der Waals surface area contributed by atoms with E-state index in [4.69, 9.17) is 14.9 Å². The number of amidine groups is 1. The number of ether oxygens (including phenoxy) is 2. The fourth-order valence-corrected chi connectivity index (χ4v) is 3.16. The molecule has 9 nitrogen and oxygen atoms in total. The van der Waals surface area contributed by atoms with Crippen molar-refractivity contribution in [3.8, 4) is 17.2 Å². The van der Waals surface area contributed by atoms with Gasteiger partial charge in [0.1, 0.15) is 29.2 Å². The standard InChI is InChI=1S/C26H32N4O5/c1-17(2)28-10-9-24(27)29-25(32)20-13-22(34-18(3)16-31)15-23(14-20)35-21-7-5-19(6-8-21)26(33)30-11-4-12-30/h5-10,13-15,17-18,28,31H,4,11-12,16H2,1-3H3,(H2,27,29,32)/b10-9-/t18-/m0/s1. The third kappa shape index (κ3) is 7.58. The molecule has 35 heavy (non-hydrogen) atoms. The maximum atomic E-state index is 12.8. The number of carbonyl (C=O) groups is 2. The highest BCUT2D eigenvalue weighted by Crippen LogP contribution is 2.29. The van der Waals surface area contributed by atoms with Gasteiger partial charge in [0.25, 0.3) is 11.8 Å². The van der Waals surface area contributed by atoms with Crippen LogP contribution in [0.25, 0.3) is 0 Å². The van der Waals surface area contributed by atoms with Crippen LogP contribution in [-0.4, -0.2) is 59.5 Å². The smallest absolute Gasteiger partial charge is 0.257 e. The molecule has 0 bridgehead atoms. The summed E-state index contributed by atoms with van der Waals surface area (Å²) >= 11 is 0. The van der Waals surface area contributed by atoms with Crippen LogP contribution < -0.4 is 20.1 Å². The molecule has 1 atom stereocenters. The maximum Gasteiger partial charge on any atom is 0.257 e. The van der Waals surface area contributed by atoms with Gasteiger partial charge in [-0.1, -0.05) is 0 Å². The summed E-state index contributed by atoms with van der Waals surface area (Å²) in [6.07, 6.45) is 3.59. The number of benzene rings is 2. The molecule has 1 aliphatic heterocycles. The first-order valence-corrected chi connectivity index (χ1v) is 11.6. The van der Waals surface area contributed by atoms with Crippen molar-refractivity contribution in [2.45, 2.75) is 39.3 Å². The Balaban J connectivity index is 1.76. The lowest BCUT2D eigenvalue weighted by molar-refractivity contribution is 0.0651. The first kappa shape index (κ1) is 25.8. The van der Waals surface area contributed by atoms with Gasteiger partial charge in [-0.15, -0.1) is 0 Å². The van der Waals surface area contributed by atoms with Crippen molar-refractivity contribution in [2.75, 3.05) is 19.7 Å². The second kappa shape index (κ2) is 12.0. The van der Waals surface area contributed by atoms with Crippen LogP contribution in [0, 0.1) is 5.41 Å². The van der Waals surface area contributed by atoms with Crippen molar-refractivity contribution in [1.29, 1.82) is 5.41 Å². The molecule has 9 heteroatoms. The summed E-state index contributed by atoms with van der Waals surface area (Å²) in [5, 5.41) is 22.8. The third-order valence-corrected chi connectivity index (χ3v) is 5.14. The average Bonchev–Trinajstić information content (AvgIpc) is 2.77. The van der Waals surface area contributed by atoms with Crippen LogP contribution in [0.15, 0.2) is 54.7 Å². The number of hydrogen-bond acceptors (Lipinski definition) is 7. The Bertz CT molecular complexity index is 1080. The van der Waals surface area contributed by atoms with Crippen molar-refractivity contribution in [2.24, 2.45) is 0 Å². The Morgan fingerprint density at radius 2 is 1.74 bits per heavy atom. The van der Waals surface area contributed by atoms with E-state index >= 15 is 0 Å². The van der Waals surface area contributed by atoms with Crippen LogP contribution in [0.5, 0.6) is 17.2 Å². The van der Waals surface area contributed by atoms with Crippen molar-refractivity contribution in [1.82, 2.24) is 15.5 Å². The normalized spacial score (nSPS) is 13.8. The molecule has 0 spiro atoms. The van der Waals surface area contributed by atoms with E-state index in [0.717, 1.165) is 19.5 Å². The number of carbonyl (C=O) groups excluding carboxylic acids is 2. The molecular weight excluding hydrogens is 448 g/mol. The van der Waals surface area contributed by atoms with E-state index < -0.39 is 12.0 Å². The van der Waals surface area contributed by atoms with Crippen LogP contribution in [0.2, 0.25) is 0 Å². The lowest BCUT2D eigenvalue weighted by Gasteiger charge is -2.30. The summed E-state index contributed by atoms with van der Waals surface area (Å²) in [5.74, 6) is 0.565. The molecule has 186 valence electrons. The molecule has 1 aliphatic rings. The number of aliphatic hydroxyl groups excluding tert-OH is 1. The highest BCUT2D eigenvalue weighted by atomic mass is 16.5. The Morgan fingerprint density at radius 3 is 2.34 bits per heavy atom. The lowest BCUT2D eigenvalue weighted by atomic mass is 10.1. The van der Waals surface area contributed by atoms with E-state index in [0.29, 0.717) is 22.8 Å². The molecule has 1 fully saturated rings. The zero-order chi connectivity index (χ0) is 25.4. The summed E-state index contributed by atoms with van der Waals surface area (Å²) < 4.78 is 11.6. The number of nitrogens with zero attached hydrogens (tertiary/aromatic N) is 1. The number of likely N-dealkylation sites (tertiary alicyclic amines) is 1. The van der Waals surface area contributed by atoms with Crippen LogP contribution in [0.1, 0.15) is 47.9 Å². The Morgan fingerprint density at radius 1 is 1.06 bits per heavy atom. The molecule has 0 aromatic heterocycles. The van der Waals surface area contributed by atoms with Gasteiger partial charge in [0, 0.05) is 42.5 Å². The fourth-order valence-electron chi connectivity index (χ4n) is 3.16. The van der Waals surface area contributed by atoms with Crippen LogP contribution in [0.4, 0.5) is 0 Å². The summed E-state index contributed by atoms with van der Waals surface area (Å²) in [4.78, 5) is 26.9. The van der Waals surface area contributed by atoms with E-state index in [1.165, 1.54) is 18.2 Å². The van der Waals surface area contributed by atoms with E-state index in [2.05, 4.69) is 10.6 Å². The minimum Gasteiger partial charge on any atom is -0.488 e. The molecule has 0 unspecified atom stereocenters. The summed E-state index contributed by atoms with van der Waals surface area (Å²) in [6.45, 7) is 6.99. The zero-order valence-electron chi connectivity index (χ0n) is 20.2. The molecule has 2 aromatic rings. The second-order valence-electron chi connectivity index (χ2n) is 8.60. The van der Waals surface area contributed by atoms with Crippen molar-refractivity contribution in [3.05, 3.63) is 65.9 Å². The van der Waals surface area contributed by atoms with Crippen LogP contribution in [0.3, 0.4) is 0 Å². The molecule has 0 radical (unpaired) electrons. The summed E-state index contributed by atoms with van der Waals surface area (Å²) in [6, 6.07) is 11.7. The quantitative estimate of drug-likeness (QED) is 0.306. The van der Waals surface area contributed by atoms with Gasteiger partial charge >= 0.3 is 0 Å². The number of nitrogens with one attached hydrogen (secondary N) is 3. The molecule has 2 aromatic carbocycles. The van der Waals surface area contributed by atoms with E-state index in [-0.39, 0.29) is 30.0 Å². The molecule has 0 saturated carbocycles. The number of hydrogen-bond donors (Lipinski definition) is 4. The van der Waals surface area contributed by atoms with Gasteiger partial charge in [0.05, 0.1) is 6.61 Å². The van der Waals surface area contributed by atoms with Crippen molar-refractivity contribution in [3.63, 3.8) is 0 Å². The second-order valence-corrected chi connectivity index (χ2v) is 8.60. The number of amides is 2. The van der Waals surface area contributed by atoms with Gasteiger partial charge in [0.15, 0.2) is 0 Å². The predicted molar refractivity (Wildman–Crippen MR) is 133 cm³/mol. The summed E-state index contributed by atoms with van der Waals surface area (Å²) in [5.41, 5.74) is 0.812. The molecule has 2 amide bonds. The van der Waals surface area contributed by atoms with Gasteiger partial charge in [-0.25, -0.2) is 0 Å². The van der Waals surface area contributed by atoms with Gasteiger partial charge in [-0.05, 0) is 69.7 Å². The maximum absolute atomic E-state index is 12.8. The van der Waals surface area contributed by atoms with Gasteiger partial charge in [-0.3, -0.25) is 15.0 Å². The van der Waals surface area contributed by atoms with Crippen LogP contribution >= 0.6 is 0 Å². The number of aliphatic hydroxyl groups is 1. The first-order chi connectivity index (χ1) is 16.7. The van der Waals surface area contributed by atoms with Crippen molar-refractivity contribution < 1.29 is 24.2 Å². The molecule has 0 aliphatic carbocycles. The monoisotopic (exact) mass is 480 g/mol. The highest BCUT2D eigenvalue weighted by Gasteiger charge is 2.21. The third-order valence-electron chi connectivity index (χ3n) is 5.14. The Kier molecular flexibility index (Phi) is 8.86. The molecule has 3 rings (SSSR count). The van der Waals surface area contributed by atoms with Gasteiger partial charge in [-0.2, -0.15) is 0 Å². The van der Waals surface area contributed by atoms with Gasteiger partial charge < -0.3 is 30.1 Å². The largest absolute Gasteiger partial charge is 0.488 e. The van der Waals surface area contributed by atoms with E-state index in [1.54, 1.807) is 48.4 Å². The minimum absolute atomic E-state index is 0.00441. The van der Waals surface area contributed by atoms with E-state index in [9.17, 15) is 14.7 Å². The van der Waals surface area contributed by atoms with Crippen LogP contribution in [-0.2, 0) is 0 Å². The van der Waals surface area contributed by atoms with Crippen molar-refractivity contribution >= 4 is 17.6 Å². The van der Waals surface area contributed by atoms with E-state index in [1.807, 2.05) is 13.8 Å². The number of rotatable bonds is 10. The average molecular weight is 481 g/mol. The zero-order valence-corrected chi connectivity index (χ0v) is 20.2. The predicted octanol–water partition coefficient (Wildman–Crippen LogP) is 3.30. The lowest BCUT2D eigenvalue weighted by Crippen LogP contribution is -2.41. The molecular formula is C26H32N4O5. The fraction of sp³-hybridized carbons (Fsp3) is 0.346. The Labute approximate surface area is 205 Å². The Hall–Kier alpha value is -3.85. The summed E-state index contributed by atoms with van der Waals surface area (Å²) in [7, 11) is 0. The molecule has 4 N–H and O–H groups in total. The minimum atomic E-state index is -0.508. The molecule has 1 saturated heterocycles.